The average Bonchev–Trinajstić information content (AvgIpc) is 2.44. The summed E-state index contributed by atoms with van der Waals surface area (Å²) in [5.41, 5.74) is -0.486. The maximum atomic E-state index is 11.4. The number of hydrogen-bond donors (Lipinski definition) is 1. The van der Waals surface area contributed by atoms with Crippen LogP contribution < -0.4 is 19.8 Å². The van der Waals surface area contributed by atoms with Crippen molar-refractivity contribution in [2.75, 3.05) is 14.2 Å². The number of nitrogens with zero attached hydrogens (tertiary/aromatic N) is 1. The Bertz CT molecular complexity index is 620. The third kappa shape index (κ3) is 2.63. The topological polar surface area (TPSA) is 73.4 Å². The van der Waals surface area contributed by atoms with Crippen LogP contribution in [0.1, 0.15) is 0 Å². The lowest BCUT2D eigenvalue weighted by Gasteiger charge is -2.13. The van der Waals surface area contributed by atoms with Crippen LogP contribution in [0.3, 0.4) is 0 Å². The minimum absolute atomic E-state index is 0.0202. The van der Waals surface area contributed by atoms with E-state index in [0.717, 1.165) is 0 Å². The third-order valence-corrected chi connectivity index (χ3v) is 2.68. The van der Waals surface area contributed by atoms with Gasteiger partial charge in [0.2, 0.25) is 11.6 Å². The molecule has 0 atom stereocenters. The molecule has 19 heavy (non-hydrogen) atoms. The highest BCUT2D eigenvalue weighted by molar-refractivity contribution is 6.31. The smallest absolute Gasteiger partial charge is 0.273 e. The van der Waals surface area contributed by atoms with E-state index in [-0.39, 0.29) is 10.9 Å². The van der Waals surface area contributed by atoms with Gasteiger partial charge < -0.3 is 19.2 Å². The first-order chi connectivity index (χ1) is 9.17. The number of nitrogens with one attached hydrogen (secondary N) is 1. The highest BCUT2D eigenvalue weighted by Gasteiger charge is 2.16. The minimum Gasteiger partial charge on any atom is -0.493 e. The number of hydrogen-bond acceptors (Lipinski definition) is 5. The molecule has 1 aromatic carbocycles. The van der Waals surface area contributed by atoms with Gasteiger partial charge in [-0.15, -0.1) is 0 Å². The first-order valence-electron chi connectivity index (χ1n) is 5.29. The Balaban J connectivity index is 2.48. The second-order valence-electron chi connectivity index (χ2n) is 3.44. The molecule has 0 fully saturated rings. The number of aromatic nitrogens is 2. The molecule has 100 valence electrons. The Hall–Kier alpha value is -2.21. The van der Waals surface area contributed by atoms with Gasteiger partial charge in [0, 0.05) is 0 Å². The molecule has 0 bridgehead atoms. The van der Waals surface area contributed by atoms with E-state index in [1.165, 1.54) is 20.5 Å². The van der Waals surface area contributed by atoms with Crippen molar-refractivity contribution in [2.24, 2.45) is 0 Å². The molecule has 0 unspecified atom stereocenters. The lowest BCUT2D eigenvalue weighted by molar-refractivity contribution is 0.341. The van der Waals surface area contributed by atoms with Crippen molar-refractivity contribution in [3.8, 4) is 23.1 Å². The number of aromatic amines is 1. The van der Waals surface area contributed by atoms with Crippen LogP contribution in [0.4, 0.5) is 0 Å². The molecule has 0 saturated carbocycles. The van der Waals surface area contributed by atoms with Gasteiger partial charge in [0.05, 0.1) is 20.5 Å². The SMILES string of the molecule is COc1cccc(OC)c1Oc1nc[nH]c(=O)c1Cl. The number of methoxy groups -OCH3 is 2. The van der Waals surface area contributed by atoms with Crippen molar-refractivity contribution in [3.63, 3.8) is 0 Å². The Labute approximate surface area is 113 Å². The Kier molecular flexibility index (Phi) is 3.91. The standard InChI is InChI=1S/C12H11ClN2O4/c1-17-7-4-3-5-8(18-2)10(7)19-12-9(13)11(16)14-6-15-12/h3-6H,1-2H3,(H,14,15,16). The molecule has 0 aliphatic heterocycles. The van der Waals surface area contributed by atoms with Crippen LogP contribution in [-0.2, 0) is 0 Å². The van der Waals surface area contributed by atoms with Gasteiger partial charge >= 0.3 is 0 Å². The van der Waals surface area contributed by atoms with Crippen molar-refractivity contribution < 1.29 is 14.2 Å². The van der Waals surface area contributed by atoms with Crippen molar-refractivity contribution in [1.82, 2.24) is 9.97 Å². The second-order valence-corrected chi connectivity index (χ2v) is 3.82. The zero-order valence-corrected chi connectivity index (χ0v) is 11.0. The summed E-state index contributed by atoms with van der Waals surface area (Å²) in [6, 6.07) is 5.13. The number of benzene rings is 1. The summed E-state index contributed by atoms with van der Waals surface area (Å²) in [6.07, 6.45) is 1.20. The van der Waals surface area contributed by atoms with Crippen LogP contribution in [0.2, 0.25) is 5.02 Å². The maximum Gasteiger partial charge on any atom is 0.273 e. The van der Waals surface area contributed by atoms with Crippen LogP contribution in [0, 0.1) is 0 Å². The first kappa shape index (κ1) is 13.2. The van der Waals surface area contributed by atoms with Gasteiger partial charge in [0.1, 0.15) is 0 Å². The quantitative estimate of drug-likeness (QED) is 0.931. The monoisotopic (exact) mass is 282 g/mol. The maximum absolute atomic E-state index is 11.4. The predicted molar refractivity (Wildman–Crippen MR) is 69.5 cm³/mol. The number of para-hydroxylation sites is 1. The van der Waals surface area contributed by atoms with E-state index in [1.54, 1.807) is 18.2 Å². The van der Waals surface area contributed by atoms with Gasteiger partial charge in [-0.25, -0.2) is 4.98 Å². The van der Waals surface area contributed by atoms with E-state index in [0.29, 0.717) is 17.2 Å². The zero-order chi connectivity index (χ0) is 13.8. The molecule has 2 aromatic rings. The van der Waals surface area contributed by atoms with Gasteiger partial charge in [-0.05, 0) is 12.1 Å². The van der Waals surface area contributed by atoms with E-state index in [1.807, 2.05) is 0 Å². The first-order valence-corrected chi connectivity index (χ1v) is 5.67. The average molecular weight is 283 g/mol. The number of H-pyrrole nitrogens is 1. The molecule has 0 aliphatic rings. The molecule has 1 aromatic heterocycles. The van der Waals surface area contributed by atoms with E-state index >= 15 is 0 Å². The Morgan fingerprint density at radius 3 is 2.42 bits per heavy atom. The zero-order valence-electron chi connectivity index (χ0n) is 10.3. The molecule has 7 heteroatoms. The molecule has 0 aliphatic carbocycles. The van der Waals surface area contributed by atoms with Crippen LogP contribution in [0.25, 0.3) is 0 Å². The molecule has 0 amide bonds. The summed E-state index contributed by atoms with van der Waals surface area (Å²) in [6.45, 7) is 0. The Morgan fingerprint density at radius 1 is 1.21 bits per heavy atom. The molecular formula is C12H11ClN2O4. The highest BCUT2D eigenvalue weighted by Crippen LogP contribution is 2.40. The summed E-state index contributed by atoms with van der Waals surface area (Å²) < 4.78 is 15.9. The molecule has 6 nitrogen and oxygen atoms in total. The van der Waals surface area contributed by atoms with Crippen molar-refractivity contribution >= 4 is 11.6 Å². The lowest BCUT2D eigenvalue weighted by atomic mass is 10.3. The molecule has 2 rings (SSSR count). The van der Waals surface area contributed by atoms with Gasteiger partial charge in [-0.2, -0.15) is 0 Å². The van der Waals surface area contributed by atoms with Gasteiger partial charge in [-0.3, -0.25) is 4.79 Å². The van der Waals surface area contributed by atoms with Crippen LogP contribution in [0.15, 0.2) is 29.3 Å². The molecule has 0 saturated heterocycles. The predicted octanol–water partition coefficient (Wildman–Crippen LogP) is 2.23. The molecule has 1 heterocycles. The van der Waals surface area contributed by atoms with Gasteiger partial charge in [0.25, 0.3) is 5.56 Å². The summed E-state index contributed by atoms with van der Waals surface area (Å²) in [7, 11) is 2.99. The number of ether oxygens (including phenoxy) is 3. The van der Waals surface area contributed by atoms with Gasteiger partial charge in [0.15, 0.2) is 16.5 Å². The minimum atomic E-state index is -0.486. The molecule has 0 spiro atoms. The van der Waals surface area contributed by atoms with Crippen molar-refractivity contribution in [3.05, 3.63) is 39.9 Å². The fraction of sp³-hybridized carbons (Fsp3) is 0.167. The van der Waals surface area contributed by atoms with Crippen LogP contribution in [-0.4, -0.2) is 24.2 Å². The molecular weight excluding hydrogens is 272 g/mol. The number of halogens is 1. The summed E-state index contributed by atoms with van der Waals surface area (Å²) in [4.78, 5) is 17.6. The summed E-state index contributed by atoms with van der Waals surface area (Å²) in [5.74, 6) is 1.16. The van der Waals surface area contributed by atoms with Gasteiger partial charge in [-0.1, -0.05) is 17.7 Å². The second kappa shape index (κ2) is 5.62. The molecule has 1 N–H and O–H groups in total. The van der Waals surface area contributed by atoms with Crippen LogP contribution in [0.5, 0.6) is 23.1 Å². The van der Waals surface area contributed by atoms with Crippen molar-refractivity contribution in [1.29, 1.82) is 0 Å². The summed E-state index contributed by atoms with van der Waals surface area (Å²) >= 11 is 5.82. The molecule has 0 radical (unpaired) electrons. The fourth-order valence-corrected chi connectivity index (χ4v) is 1.59. The summed E-state index contributed by atoms with van der Waals surface area (Å²) in [5, 5.41) is -0.143. The fourth-order valence-electron chi connectivity index (χ4n) is 1.45. The van der Waals surface area contributed by atoms with E-state index in [2.05, 4.69) is 9.97 Å². The van der Waals surface area contributed by atoms with E-state index in [9.17, 15) is 4.79 Å². The van der Waals surface area contributed by atoms with E-state index in [4.69, 9.17) is 25.8 Å². The Morgan fingerprint density at radius 2 is 1.84 bits per heavy atom. The highest BCUT2D eigenvalue weighted by atomic mass is 35.5. The van der Waals surface area contributed by atoms with E-state index < -0.39 is 5.56 Å². The normalized spacial score (nSPS) is 10.1. The van der Waals surface area contributed by atoms with Crippen LogP contribution >= 0.6 is 11.6 Å². The largest absolute Gasteiger partial charge is 0.493 e. The third-order valence-electron chi connectivity index (χ3n) is 2.35. The van der Waals surface area contributed by atoms with Crippen molar-refractivity contribution in [2.45, 2.75) is 0 Å². The number of rotatable bonds is 4. The lowest BCUT2D eigenvalue weighted by Crippen LogP contribution is -2.08.